The lowest BCUT2D eigenvalue weighted by Gasteiger charge is -2.31. The number of rotatable bonds is 5. The van der Waals surface area contributed by atoms with Gasteiger partial charge in [-0.25, -0.2) is 4.68 Å². The van der Waals surface area contributed by atoms with E-state index >= 15 is 0 Å². The van der Waals surface area contributed by atoms with Gasteiger partial charge in [0.25, 0.3) is 5.91 Å². The average Bonchev–Trinajstić information content (AvgIpc) is 2.91. The molecule has 0 atom stereocenters. The minimum Gasteiger partial charge on any atom is -0.369 e. The van der Waals surface area contributed by atoms with Gasteiger partial charge in [-0.05, 0) is 51.0 Å². The molecule has 7 nitrogen and oxygen atoms in total. The lowest BCUT2D eigenvalue weighted by Crippen LogP contribution is -2.46. The van der Waals surface area contributed by atoms with Gasteiger partial charge in [-0.1, -0.05) is 15.9 Å². The molecule has 2 amide bonds. The van der Waals surface area contributed by atoms with E-state index in [9.17, 15) is 9.59 Å². The molecule has 8 heteroatoms. The second-order valence-electron chi connectivity index (χ2n) is 6.92. The Morgan fingerprint density at radius 1 is 1.22 bits per heavy atom. The monoisotopic (exact) mass is 433 g/mol. The summed E-state index contributed by atoms with van der Waals surface area (Å²) >= 11 is 3.43. The first kappa shape index (κ1) is 19.6. The number of nitrogens with zero attached hydrogens (tertiary/aromatic N) is 3. The van der Waals surface area contributed by atoms with Crippen LogP contribution in [0.1, 0.15) is 34.6 Å². The summed E-state index contributed by atoms with van der Waals surface area (Å²) < 4.78 is 2.79. The largest absolute Gasteiger partial charge is 0.369 e. The normalized spacial score (nSPS) is 15.7. The minimum absolute atomic E-state index is 0.0939. The summed E-state index contributed by atoms with van der Waals surface area (Å²) in [6, 6.07) is 7.91. The van der Waals surface area contributed by atoms with E-state index in [1.807, 2.05) is 43.0 Å². The van der Waals surface area contributed by atoms with E-state index in [-0.39, 0.29) is 24.4 Å². The average molecular weight is 434 g/mol. The summed E-state index contributed by atoms with van der Waals surface area (Å²) in [7, 11) is 0. The number of likely N-dealkylation sites (tertiary alicyclic amines) is 1. The van der Waals surface area contributed by atoms with Crippen LogP contribution in [-0.4, -0.2) is 52.2 Å². The molecule has 1 aromatic carbocycles. The van der Waals surface area contributed by atoms with Crippen molar-refractivity contribution in [3.63, 3.8) is 0 Å². The first-order valence-corrected chi connectivity index (χ1v) is 9.78. The Balaban J connectivity index is 1.69. The van der Waals surface area contributed by atoms with E-state index < -0.39 is 0 Å². The minimum atomic E-state index is -0.316. The maximum atomic E-state index is 12.9. The van der Waals surface area contributed by atoms with E-state index in [2.05, 4.69) is 26.3 Å². The summed E-state index contributed by atoms with van der Waals surface area (Å²) in [6.45, 7) is 5.55. The molecule has 27 heavy (non-hydrogen) atoms. The van der Waals surface area contributed by atoms with Crippen molar-refractivity contribution in [1.82, 2.24) is 20.0 Å². The van der Waals surface area contributed by atoms with Crippen LogP contribution in [-0.2, 0) is 4.79 Å². The fourth-order valence-electron chi connectivity index (χ4n) is 3.52. The smallest absolute Gasteiger partial charge is 0.255 e. The second kappa shape index (κ2) is 8.22. The molecule has 1 aliphatic heterocycles. The van der Waals surface area contributed by atoms with Crippen molar-refractivity contribution in [3.8, 4) is 5.69 Å². The quantitative estimate of drug-likeness (QED) is 0.752. The zero-order chi connectivity index (χ0) is 19.6. The van der Waals surface area contributed by atoms with Gasteiger partial charge in [-0.3, -0.25) is 14.5 Å². The molecule has 0 unspecified atom stereocenters. The zero-order valence-electron chi connectivity index (χ0n) is 15.5. The first-order chi connectivity index (χ1) is 12.8. The summed E-state index contributed by atoms with van der Waals surface area (Å²) in [6.07, 6.45) is 1.61. The molecule has 1 saturated heterocycles. The Morgan fingerprint density at radius 3 is 2.44 bits per heavy atom. The number of primary amides is 1. The predicted molar refractivity (Wildman–Crippen MR) is 107 cm³/mol. The number of halogens is 1. The van der Waals surface area contributed by atoms with Crippen LogP contribution in [0.2, 0.25) is 0 Å². The Kier molecular flexibility index (Phi) is 5.96. The van der Waals surface area contributed by atoms with Gasteiger partial charge in [0.05, 0.1) is 29.2 Å². The van der Waals surface area contributed by atoms with Crippen LogP contribution in [0.4, 0.5) is 0 Å². The summed E-state index contributed by atoms with van der Waals surface area (Å²) in [4.78, 5) is 25.9. The number of carbonyl (C=O) groups is 2. The molecule has 0 bridgehead atoms. The molecule has 2 heterocycles. The summed E-state index contributed by atoms with van der Waals surface area (Å²) in [5.41, 5.74) is 8.31. The van der Waals surface area contributed by atoms with Gasteiger partial charge in [-0.2, -0.15) is 5.10 Å². The number of nitrogens with two attached hydrogens (primary N) is 1. The van der Waals surface area contributed by atoms with Gasteiger partial charge in [0, 0.05) is 23.6 Å². The Morgan fingerprint density at radius 2 is 1.85 bits per heavy atom. The van der Waals surface area contributed by atoms with E-state index in [1.54, 1.807) is 4.68 Å². The van der Waals surface area contributed by atoms with Gasteiger partial charge in [0.2, 0.25) is 5.91 Å². The number of hydrogen-bond donors (Lipinski definition) is 2. The van der Waals surface area contributed by atoms with Crippen LogP contribution in [0.5, 0.6) is 0 Å². The van der Waals surface area contributed by atoms with E-state index in [1.165, 1.54) is 0 Å². The molecule has 1 aliphatic rings. The maximum absolute atomic E-state index is 12.9. The topological polar surface area (TPSA) is 93.2 Å². The third kappa shape index (κ3) is 4.56. The van der Waals surface area contributed by atoms with Gasteiger partial charge in [-0.15, -0.1) is 0 Å². The second-order valence-corrected chi connectivity index (χ2v) is 7.84. The van der Waals surface area contributed by atoms with Gasteiger partial charge >= 0.3 is 0 Å². The fraction of sp³-hybridized carbons (Fsp3) is 0.421. The highest BCUT2D eigenvalue weighted by molar-refractivity contribution is 9.10. The molecule has 2 aromatic rings. The van der Waals surface area contributed by atoms with Crippen LogP contribution >= 0.6 is 15.9 Å². The highest BCUT2D eigenvalue weighted by atomic mass is 79.9. The number of benzene rings is 1. The number of carbonyl (C=O) groups excluding carboxylic acids is 2. The van der Waals surface area contributed by atoms with Crippen molar-refractivity contribution in [3.05, 3.63) is 45.7 Å². The molecule has 0 aliphatic carbocycles. The first-order valence-electron chi connectivity index (χ1n) is 8.99. The van der Waals surface area contributed by atoms with Gasteiger partial charge < -0.3 is 11.1 Å². The number of nitrogens with one attached hydrogen (secondary N) is 1. The Labute approximate surface area is 167 Å². The van der Waals surface area contributed by atoms with Crippen LogP contribution < -0.4 is 11.1 Å². The highest BCUT2D eigenvalue weighted by Crippen LogP contribution is 2.20. The van der Waals surface area contributed by atoms with Crippen LogP contribution in [0.15, 0.2) is 28.7 Å². The molecule has 0 saturated carbocycles. The van der Waals surface area contributed by atoms with Crippen molar-refractivity contribution >= 4 is 27.7 Å². The number of aromatic nitrogens is 2. The van der Waals surface area contributed by atoms with E-state index in [0.717, 1.165) is 41.8 Å². The molecule has 1 aromatic heterocycles. The van der Waals surface area contributed by atoms with Crippen LogP contribution in [0, 0.1) is 13.8 Å². The lowest BCUT2D eigenvalue weighted by atomic mass is 10.0. The van der Waals surface area contributed by atoms with Gasteiger partial charge in [0.15, 0.2) is 0 Å². The van der Waals surface area contributed by atoms with Crippen molar-refractivity contribution in [2.75, 3.05) is 19.6 Å². The van der Waals surface area contributed by atoms with Crippen molar-refractivity contribution < 1.29 is 9.59 Å². The number of amides is 2. The molecular formula is C19H24BrN5O2. The van der Waals surface area contributed by atoms with Crippen LogP contribution in [0.25, 0.3) is 5.69 Å². The summed E-state index contributed by atoms with van der Waals surface area (Å²) in [5, 5.41) is 7.67. The number of piperidine rings is 1. The molecule has 0 spiro atoms. The highest BCUT2D eigenvalue weighted by Gasteiger charge is 2.25. The third-order valence-electron chi connectivity index (χ3n) is 4.89. The van der Waals surface area contributed by atoms with E-state index in [4.69, 9.17) is 5.73 Å². The zero-order valence-corrected chi connectivity index (χ0v) is 17.1. The SMILES string of the molecule is Cc1nn(-c2ccc(Br)cc2)c(C)c1C(=O)NC1CCN(CC(N)=O)CC1. The fourth-order valence-corrected chi connectivity index (χ4v) is 3.78. The number of aryl methyl sites for hydroxylation is 1. The Hall–Kier alpha value is -2.19. The predicted octanol–water partition coefficient (Wildman–Crippen LogP) is 1.93. The van der Waals surface area contributed by atoms with Crippen molar-refractivity contribution in [2.24, 2.45) is 5.73 Å². The summed E-state index contributed by atoms with van der Waals surface area (Å²) in [5.74, 6) is -0.411. The molecule has 3 N–H and O–H groups in total. The maximum Gasteiger partial charge on any atom is 0.255 e. The van der Waals surface area contributed by atoms with Crippen molar-refractivity contribution in [2.45, 2.75) is 32.7 Å². The molecular weight excluding hydrogens is 410 g/mol. The van der Waals surface area contributed by atoms with Gasteiger partial charge in [0.1, 0.15) is 0 Å². The third-order valence-corrected chi connectivity index (χ3v) is 5.42. The molecule has 0 radical (unpaired) electrons. The van der Waals surface area contributed by atoms with Crippen molar-refractivity contribution in [1.29, 1.82) is 0 Å². The molecule has 1 fully saturated rings. The van der Waals surface area contributed by atoms with Crippen LogP contribution in [0.3, 0.4) is 0 Å². The lowest BCUT2D eigenvalue weighted by molar-refractivity contribution is -0.119. The molecule has 3 rings (SSSR count). The molecule has 144 valence electrons. The van der Waals surface area contributed by atoms with E-state index in [0.29, 0.717) is 11.3 Å². The Bertz CT molecular complexity index is 839. The number of hydrogen-bond acceptors (Lipinski definition) is 4. The standard InChI is InChI=1S/C19H24BrN5O2/c1-12-18(13(2)25(23-12)16-5-3-14(20)4-6-16)19(27)22-15-7-9-24(10-8-15)11-17(21)26/h3-6,15H,7-11H2,1-2H3,(H2,21,26)(H,22,27).